The third kappa shape index (κ3) is 2.18. The number of anilines is 1. The van der Waals surface area contributed by atoms with Crippen molar-refractivity contribution in [2.45, 2.75) is 31.4 Å². The van der Waals surface area contributed by atoms with E-state index in [1.807, 2.05) is 0 Å². The van der Waals surface area contributed by atoms with Crippen molar-refractivity contribution in [3.8, 4) is 0 Å². The van der Waals surface area contributed by atoms with E-state index in [2.05, 4.69) is 10.3 Å². The summed E-state index contributed by atoms with van der Waals surface area (Å²) >= 11 is 0. The second kappa shape index (κ2) is 4.57. The van der Waals surface area contributed by atoms with E-state index in [9.17, 15) is 4.39 Å². The topological polar surface area (TPSA) is 47.3 Å². The summed E-state index contributed by atoms with van der Waals surface area (Å²) in [6.45, 7) is 0. The van der Waals surface area contributed by atoms with Gasteiger partial charge in [-0.05, 0) is 31.4 Å². The zero-order valence-corrected chi connectivity index (χ0v) is 10.1. The van der Waals surface area contributed by atoms with Gasteiger partial charge in [0.15, 0.2) is 5.58 Å². The first kappa shape index (κ1) is 11.5. The molecule has 0 bridgehead atoms. The van der Waals surface area contributed by atoms with Crippen LogP contribution in [0.2, 0.25) is 0 Å². The molecule has 3 rings (SSSR count). The average Bonchev–Trinajstić information content (AvgIpc) is 2.95. The van der Waals surface area contributed by atoms with Crippen LogP contribution in [0.1, 0.15) is 19.3 Å². The summed E-state index contributed by atoms with van der Waals surface area (Å²) in [6, 6.07) is 5.10. The Morgan fingerprint density at radius 3 is 3.11 bits per heavy atom. The van der Waals surface area contributed by atoms with Crippen LogP contribution in [0.3, 0.4) is 0 Å². The SMILES string of the molecule is COC1CCC(Nc2nc3cc(F)ccc3o2)C1. The predicted octanol–water partition coefficient (Wildman–Crippen LogP) is 2.95. The van der Waals surface area contributed by atoms with Crippen molar-refractivity contribution in [1.29, 1.82) is 0 Å². The Hall–Kier alpha value is -1.62. The fourth-order valence-electron chi connectivity index (χ4n) is 2.42. The van der Waals surface area contributed by atoms with Crippen molar-refractivity contribution < 1.29 is 13.5 Å². The van der Waals surface area contributed by atoms with Crippen LogP contribution >= 0.6 is 0 Å². The first-order valence-corrected chi connectivity index (χ1v) is 6.10. The van der Waals surface area contributed by atoms with Gasteiger partial charge in [0.2, 0.25) is 0 Å². The van der Waals surface area contributed by atoms with Crippen molar-refractivity contribution in [3.05, 3.63) is 24.0 Å². The first-order chi connectivity index (χ1) is 8.74. The maximum Gasteiger partial charge on any atom is 0.295 e. The largest absolute Gasteiger partial charge is 0.424 e. The number of hydrogen-bond donors (Lipinski definition) is 1. The molecule has 2 aromatic rings. The molecule has 2 atom stereocenters. The smallest absolute Gasteiger partial charge is 0.295 e. The highest BCUT2D eigenvalue weighted by atomic mass is 19.1. The van der Waals surface area contributed by atoms with E-state index in [1.165, 1.54) is 12.1 Å². The van der Waals surface area contributed by atoms with Crippen molar-refractivity contribution in [1.82, 2.24) is 4.98 Å². The van der Waals surface area contributed by atoms with Gasteiger partial charge in [0.1, 0.15) is 11.3 Å². The molecule has 0 amide bonds. The monoisotopic (exact) mass is 250 g/mol. The van der Waals surface area contributed by atoms with E-state index in [1.54, 1.807) is 13.2 Å². The third-order valence-electron chi connectivity index (χ3n) is 3.40. The molecule has 0 radical (unpaired) electrons. The number of fused-ring (bicyclic) bond motifs is 1. The van der Waals surface area contributed by atoms with Crippen molar-refractivity contribution in [2.24, 2.45) is 0 Å². The maximum atomic E-state index is 13.0. The van der Waals surface area contributed by atoms with Gasteiger partial charge in [-0.3, -0.25) is 0 Å². The number of aromatic nitrogens is 1. The lowest BCUT2D eigenvalue weighted by Gasteiger charge is -2.10. The zero-order valence-electron chi connectivity index (χ0n) is 10.1. The number of nitrogens with one attached hydrogen (secondary N) is 1. The predicted molar refractivity (Wildman–Crippen MR) is 66.0 cm³/mol. The van der Waals surface area contributed by atoms with Gasteiger partial charge in [-0.25, -0.2) is 4.39 Å². The Kier molecular flexibility index (Phi) is 2.91. The minimum Gasteiger partial charge on any atom is -0.424 e. The number of ether oxygens (including phenoxy) is 1. The van der Waals surface area contributed by atoms with Crippen molar-refractivity contribution >= 4 is 17.1 Å². The molecule has 2 unspecified atom stereocenters. The lowest BCUT2D eigenvalue weighted by Crippen LogP contribution is -2.17. The van der Waals surface area contributed by atoms with Crippen LogP contribution in [0.25, 0.3) is 11.1 Å². The number of halogens is 1. The van der Waals surface area contributed by atoms with Gasteiger partial charge >= 0.3 is 0 Å². The summed E-state index contributed by atoms with van der Waals surface area (Å²) < 4.78 is 23.9. The van der Waals surface area contributed by atoms with Gasteiger partial charge in [-0.15, -0.1) is 0 Å². The summed E-state index contributed by atoms with van der Waals surface area (Å²) in [6.07, 6.45) is 3.34. The molecule has 18 heavy (non-hydrogen) atoms. The minimum atomic E-state index is -0.303. The lowest BCUT2D eigenvalue weighted by atomic mass is 10.2. The first-order valence-electron chi connectivity index (χ1n) is 6.10. The van der Waals surface area contributed by atoms with Crippen LogP contribution in [-0.2, 0) is 4.74 Å². The number of oxazole rings is 1. The van der Waals surface area contributed by atoms with Crippen LogP contribution in [0.15, 0.2) is 22.6 Å². The van der Waals surface area contributed by atoms with E-state index in [-0.39, 0.29) is 5.82 Å². The third-order valence-corrected chi connectivity index (χ3v) is 3.40. The van der Waals surface area contributed by atoms with Crippen LogP contribution < -0.4 is 5.32 Å². The summed E-state index contributed by atoms with van der Waals surface area (Å²) in [5, 5.41) is 3.23. The quantitative estimate of drug-likeness (QED) is 0.909. The Balaban J connectivity index is 1.75. The van der Waals surface area contributed by atoms with E-state index < -0.39 is 0 Å². The Labute approximate surface area is 104 Å². The van der Waals surface area contributed by atoms with Gasteiger partial charge in [0.25, 0.3) is 6.01 Å². The second-order valence-electron chi connectivity index (χ2n) is 4.64. The Bertz CT molecular complexity index is 555. The van der Waals surface area contributed by atoms with Gasteiger partial charge < -0.3 is 14.5 Å². The summed E-state index contributed by atoms with van der Waals surface area (Å²) in [5.41, 5.74) is 1.14. The highest BCUT2D eigenvalue weighted by Crippen LogP contribution is 2.26. The fraction of sp³-hybridized carbons (Fsp3) is 0.462. The number of rotatable bonds is 3. The average molecular weight is 250 g/mol. The second-order valence-corrected chi connectivity index (χ2v) is 4.64. The molecule has 0 spiro atoms. The number of nitrogens with zero attached hydrogens (tertiary/aromatic N) is 1. The molecule has 1 fully saturated rings. The van der Waals surface area contributed by atoms with Crippen LogP contribution in [-0.4, -0.2) is 24.2 Å². The normalized spacial score (nSPS) is 23.7. The zero-order chi connectivity index (χ0) is 12.5. The molecule has 1 aliphatic rings. The molecule has 5 heteroatoms. The highest BCUT2D eigenvalue weighted by molar-refractivity contribution is 5.74. The van der Waals surface area contributed by atoms with Crippen molar-refractivity contribution in [2.75, 3.05) is 12.4 Å². The summed E-state index contributed by atoms with van der Waals surface area (Å²) in [5.74, 6) is -0.303. The van der Waals surface area contributed by atoms with E-state index in [0.717, 1.165) is 19.3 Å². The molecule has 0 aliphatic heterocycles. The number of benzene rings is 1. The van der Waals surface area contributed by atoms with Crippen molar-refractivity contribution in [3.63, 3.8) is 0 Å². The summed E-state index contributed by atoms with van der Waals surface area (Å²) in [7, 11) is 1.73. The molecule has 1 aromatic carbocycles. The fourth-order valence-corrected chi connectivity index (χ4v) is 2.42. The Morgan fingerprint density at radius 1 is 1.44 bits per heavy atom. The van der Waals surface area contributed by atoms with Crippen LogP contribution in [0, 0.1) is 5.82 Å². The van der Waals surface area contributed by atoms with Crippen LogP contribution in [0.5, 0.6) is 0 Å². The summed E-state index contributed by atoms with van der Waals surface area (Å²) in [4.78, 5) is 4.23. The molecule has 1 N–H and O–H groups in total. The lowest BCUT2D eigenvalue weighted by molar-refractivity contribution is 0.108. The van der Waals surface area contributed by atoms with Gasteiger partial charge in [0.05, 0.1) is 6.10 Å². The molecule has 4 nitrogen and oxygen atoms in total. The standard InChI is InChI=1S/C13H15FN2O2/c1-17-10-4-3-9(7-10)15-13-16-11-6-8(14)2-5-12(11)18-13/h2,5-6,9-10H,3-4,7H2,1H3,(H,15,16). The van der Waals surface area contributed by atoms with Gasteiger partial charge in [-0.1, -0.05) is 0 Å². The van der Waals surface area contributed by atoms with Gasteiger partial charge in [-0.2, -0.15) is 4.98 Å². The van der Waals surface area contributed by atoms with Crippen LogP contribution in [0.4, 0.5) is 10.4 Å². The molecule has 96 valence electrons. The van der Waals surface area contributed by atoms with E-state index in [0.29, 0.717) is 29.3 Å². The number of hydrogen-bond acceptors (Lipinski definition) is 4. The van der Waals surface area contributed by atoms with E-state index in [4.69, 9.17) is 9.15 Å². The minimum absolute atomic E-state index is 0.303. The molecule has 1 aromatic heterocycles. The number of methoxy groups -OCH3 is 1. The molecular weight excluding hydrogens is 235 g/mol. The molecule has 1 heterocycles. The van der Waals surface area contributed by atoms with E-state index >= 15 is 0 Å². The maximum absolute atomic E-state index is 13.0. The Morgan fingerprint density at radius 2 is 2.33 bits per heavy atom. The molecule has 0 saturated heterocycles. The highest BCUT2D eigenvalue weighted by Gasteiger charge is 2.25. The molecular formula is C13H15FN2O2. The molecule has 1 saturated carbocycles. The molecule has 1 aliphatic carbocycles. The van der Waals surface area contributed by atoms with Gasteiger partial charge in [0, 0.05) is 19.2 Å².